The molecule has 3 nitrogen and oxygen atoms in total. The summed E-state index contributed by atoms with van der Waals surface area (Å²) in [6, 6.07) is -0.471. The van der Waals surface area contributed by atoms with E-state index in [0.717, 1.165) is 6.42 Å². The Morgan fingerprint density at radius 1 is 1.38 bits per heavy atom. The average molecular weight is 189 g/mol. The zero-order valence-electron chi connectivity index (χ0n) is 9.46. The van der Waals surface area contributed by atoms with Crippen LogP contribution in [0.15, 0.2) is 0 Å². The van der Waals surface area contributed by atoms with Gasteiger partial charge in [0, 0.05) is 0 Å². The molecule has 0 rings (SSSR count). The third-order valence-electron chi connectivity index (χ3n) is 1.44. The minimum Gasteiger partial charge on any atom is -0.465 e. The van der Waals surface area contributed by atoms with Crippen molar-refractivity contribution in [2.75, 3.05) is 6.61 Å². The number of rotatable bonds is 4. The van der Waals surface area contributed by atoms with Crippen molar-refractivity contribution >= 4 is 5.97 Å². The van der Waals surface area contributed by atoms with Gasteiger partial charge in [-0.15, -0.1) is 0 Å². The smallest absolute Gasteiger partial charge is 0.323 e. The van der Waals surface area contributed by atoms with Crippen molar-refractivity contribution in [2.24, 2.45) is 11.7 Å². The molecule has 0 heterocycles. The van der Waals surface area contributed by atoms with E-state index in [-0.39, 0.29) is 11.9 Å². The summed E-state index contributed by atoms with van der Waals surface area (Å²) in [7, 11) is 0. The van der Waals surface area contributed by atoms with Crippen LogP contribution in [0.3, 0.4) is 0 Å². The number of hydrogen-bond donors (Lipinski definition) is 1. The normalized spacial score (nSPS) is 11.6. The first-order valence-corrected chi connectivity index (χ1v) is 5.01. The molecule has 1 unspecified atom stereocenters. The number of hydrogen-bond acceptors (Lipinski definition) is 3. The summed E-state index contributed by atoms with van der Waals surface area (Å²) in [6.45, 7) is 10.2. The highest BCUT2D eigenvalue weighted by Gasteiger charge is 2.17. The third kappa shape index (κ3) is 7.78. The summed E-state index contributed by atoms with van der Waals surface area (Å²) < 4.78 is 4.85. The molecule has 1 atom stereocenters. The van der Waals surface area contributed by atoms with Crippen LogP contribution in [0, 0.1) is 5.92 Å². The average Bonchev–Trinajstić information content (AvgIpc) is 2.16. The summed E-state index contributed by atoms with van der Waals surface area (Å²) in [6.07, 6.45) is 0.844. The molecule has 80 valence electrons. The van der Waals surface area contributed by atoms with Crippen LogP contribution in [-0.4, -0.2) is 18.6 Å². The first kappa shape index (κ1) is 14.9. The van der Waals surface area contributed by atoms with E-state index >= 15 is 0 Å². The molecule has 3 heteroatoms. The van der Waals surface area contributed by atoms with Crippen molar-refractivity contribution in [3.8, 4) is 0 Å². The van der Waals surface area contributed by atoms with E-state index in [1.54, 1.807) is 0 Å². The zero-order chi connectivity index (χ0) is 10.9. The van der Waals surface area contributed by atoms with Crippen LogP contribution < -0.4 is 5.73 Å². The molecule has 0 aromatic heterocycles. The molecule has 2 N–H and O–H groups in total. The molecule has 0 aliphatic carbocycles. The SMILES string of the molecule is CC.CCCOC(=O)C(N)C(C)C. The summed E-state index contributed by atoms with van der Waals surface area (Å²) in [5.74, 6) is -0.138. The van der Waals surface area contributed by atoms with Gasteiger partial charge < -0.3 is 10.5 Å². The summed E-state index contributed by atoms with van der Waals surface area (Å²) in [5.41, 5.74) is 5.53. The van der Waals surface area contributed by atoms with Crippen LogP contribution in [0.5, 0.6) is 0 Å². The number of esters is 1. The van der Waals surface area contributed by atoms with Crippen LogP contribution in [-0.2, 0) is 9.53 Å². The molecular weight excluding hydrogens is 166 g/mol. The third-order valence-corrected chi connectivity index (χ3v) is 1.44. The number of carbonyl (C=O) groups is 1. The highest BCUT2D eigenvalue weighted by atomic mass is 16.5. The quantitative estimate of drug-likeness (QED) is 0.688. The number of nitrogens with two attached hydrogens (primary N) is 1. The first-order chi connectivity index (χ1) is 6.09. The Balaban J connectivity index is 0. The van der Waals surface area contributed by atoms with E-state index in [4.69, 9.17) is 10.5 Å². The van der Waals surface area contributed by atoms with Crippen molar-refractivity contribution in [3.05, 3.63) is 0 Å². The highest BCUT2D eigenvalue weighted by Crippen LogP contribution is 2.00. The predicted molar refractivity (Wildman–Crippen MR) is 55.4 cm³/mol. The van der Waals surface area contributed by atoms with Crippen molar-refractivity contribution < 1.29 is 9.53 Å². The molecule has 0 fully saturated rings. The molecule has 0 spiro atoms. The maximum Gasteiger partial charge on any atom is 0.323 e. The standard InChI is InChI=1S/C8H17NO2.C2H6/c1-4-5-11-8(10)7(9)6(2)3;1-2/h6-7H,4-5,9H2,1-3H3;1-2H3. The molecule has 0 radical (unpaired) electrons. The topological polar surface area (TPSA) is 52.3 Å². The molecule has 0 amide bonds. The Kier molecular flexibility index (Phi) is 10.9. The van der Waals surface area contributed by atoms with E-state index in [1.165, 1.54) is 0 Å². The molecule has 13 heavy (non-hydrogen) atoms. The largest absolute Gasteiger partial charge is 0.465 e. The van der Waals surface area contributed by atoms with Gasteiger partial charge in [-0.3, -0.25) is 4.79 Å². The van der Waals surface area contributed by atoms with Crippen molar-refractivity contribution in [2.45, 2.75) is 47.1 Å². The van der Waals surface area contributed by atoms with Gasteiger partial charge in [0.2, 0.25) is 0 Å². The second kappa shape index (κ2) is 9.52. The lowest BCUT2D eigenvalue weighted by Gasteiger charge is -2.13. The second-order valence-corrected chi connectivity index (χ2v) is 2.94. The van der Waals surface area contributed by atoms with Crippen LogP contribution in [0.2, 0.25) is 0 Å². The van der Waals surface area contributed by atoms with Crippen molar-refractivity contribution in [1.82, 2.24) is 0 Å². The van der Waals surface area contributed by atoms with Crippen LogP contribution in [0.4, 0.5) is 0 Å². The minimum absolute atomic E-state index is 0.152. The van der Waals surface area contributed by atoms with Gasteiger partial charge in [0.25, 0.3) is 0 Å². The molecule has 0 aromatic rings. The zero-order valence-corrected chi connectivity index (χ0v) is 9.46. The fraction of sp³-hybridized carbons (Fsp3) is 0.900. The van der Waals surface area contributed by atoms with Crippen LogP contribution in [0.1, 0.15) is 41.0 Å². The Morgan fingerprint density at radius 3 is 2.15 bits per heavy atom. The molecule has 0 saturated carbocycles. The van der Waals surface area contributed by atoms with Gasteiger partial charge in [-0.2, -0.15) is 0 Å². The van der Waals surface area contributed by atoms with E-state index in [2.05, 4.69) is 0 Å². The van der Waals surface area contributed by atoms with Gasteiger partial charge in [-0.25, -0.2) is 0 Å². The van der Waals surface area contributed by atoms with E-state index in [0.29, 0.717) is 6.61 Å². The maximum atomic E-state index is 11.0. The number of carbonyl (C=O) groups excluding carboxylic acids is 1. The van der Waals surface area contributed by atoms with Gasteiger partial charge in [-0.05, 0) is 12.3 Å². The molecular formula is C10H23NO2. The lowest BCUT2D eigenvalue weighted by molar-refractivity contribution is -0.146. The Morgan fingerprint density at radius 2 is 1.85 bits per heavy atom. The monoisotopic (exact) mass is 189 g/mol. The Labute approximate surface area is 81.6 Å². The molecule has 0 aliphatic rings. The van der Waals surface area contributed by atoms with E-state index in [1.807, 2.05) is 34.6 Å². The molecule has 0 bridgehead atoms. The van der Waals surface area contributed by atoms with Gasteiger partial charge in [0.05, 0.1) is 6.61 Å². The summed E-state index contributed by atoms with van der Waals surface area (Å²) >= 11 is 0. The molecule has 0 aromatic carbocycles. The lowest BCUT2D eigenvalue weighted by atomic mass is 10.1. The van der Waals surface area contributed by atoms with E-state index in [9.17, 15) is 4.79 Å². The predicted octanol–water partition coefficient (Wildman–Crippen LogP) is 1.95. The molecule has 0 aliphatic heterocycles. The van der Waals surface area contributed by atoms with Gasteiger partial charge in [-0.1, -0.05) is 34.6 Å². The van der Waals surface area contributed by atoms with Crippen LogP contribution in [0.25, 0.3) is 0 Å². The summed E-state index contributed by atoms with van der Waals surface area (Å²) in [4.78, 5) is 11.0. The summed E-state index contributed by atoms with van der Waals surface area (Å²) in [5, 5.41) is 0. The lowest BCUT2D eigenvalue weighted by Crippen LogP contribution is -2.37. The molecule has 0 saturated heterocycles. The van der Waals surface area contributed by atoms with Crippen molar-refractivity contribution in [1.29, 1.82) is 0 Å². The van der Waals surface area contributed by atoms with Gasteiger partial charge >= 0.3 is 5.97 Å². The number of ether oxygens (including phenoxy) is 1. The fourth-order valence-electron chi connectivity index (χ4n) is 0.571. The van der Waals surface area contributed by atoms with Crippen LogP contribution >= 0.6 is 0 Å². The van der Waals surface area contributed by atoms with E-state index < -0.39 is 6.04 Å². The first-order valence-electron chi connectivity index (χ1n) is 5.01. The minimum atomic E-state index is -0.471. The fourth-order valence-corrected chi connectivity index (χ4v) is 0.571. The van der Waals surface area contributed by atoms with Gasteiger partial charge in [0.1, 0.15) is 6.04 Å². The second-order valence-electron chi connectivity index (χ2n) is 2.94. The Bertz CT molecular complexity index is 124. The maximum absolute atomic E-state index is 11.0. The highest BCUT2D eigenvalue weighted by molar-refractivity contribution is 5.75. The van der Waals surface area contributed by atoms with Crippen molar-refractivity contribution in [3.63, 3.8) is 0 Å². The van der Waals surface area contributed by atoms with Gasteiger partial charge in [0.15, 0.2) is 0 Å². The Hall–Kier alpha value is -0.570.